The van der Waals surface area contributed by atoms with Gasteiger partial charge in [0.25, 0.3) is 5.91 Å². The Bertz CT molecular complexity index is 341. The van der Waals surface area contributed by atoms with E-state index in [0.29, 0.717) is 5.56 Å². The van der Waals surface area contributed by atoms with E-state index in [1.165, 1.54) is 0 Å². The third kappa shape index (κ3) is 4.03. The van der Waals surface area contributed by atoms with E-state index in [2.05, 4.69) is 26.2 Å². The molecule has 0 atom stereocenters. The molecule has 88 valence electrons. The summed E-state index contributed by atoms with van der Waals surface area (Å²) in [6.45, 7) is 7.14. The topological polar surface area (TPSA) is 32.3 Å². The fraction of sp³-hybridized carbons (Fsp3) is 0.462. The lowest BCUT2D eigenvalue weighted by molar-refractivity contribution is 0.0693. The lowest BCUT2D eigenvalue weighted by Gasteiger charge is -2.25. The Morgan fingerprint density at radius 2 is 1.81 bits per heavy atom. The molecule has 1 aromatic carbocycles. The molecule has 0 spiro atoms. The van der Waals surface area contributed by atoms with Crippen LogP contribution in [-0.2, 0) is 0 Å². The van der Waals surface area contributed by atoms with Crippen LogP contribution in [0, 0.1) is 5.41 Å². The molecule has 0 aromatic heterocycles. The minimum atomic E-state index is -0.00940. The zero-order valence-corrected chi connectivity index (χ0v) is 10.4. The van der Waals surface area contributed by atoms with E-state index in [0.717, 1.165) is 6.54 Å². The summed E-state index contributed by atoms with van der Waals surface area (Å²) in [7, 11) is 1.75. The molecule has 16 heavy (non-hydrogen) atoms. The number of carbonyl (C=O) groups is 1. The molecule has 3 nitrogen and oxygen atoms in total. The Hall–Kier alpha value is -1.35. The second-order valence-corrected chi connectivity index (χ2v) is 5.13. The second-order valence-electron chi connectivity index (χ2n) is 5.13. The van der Waals surface area contributed by atoms with Crippen LogP contribution in [-0.4, -0.2) is 24.5 Å². The summed E-state index contributed by atoms with van der Waals surface area (Å²) in [6, 6.07) is 9.27. The van der Waals surface area contributed by atoms with Crippen molar-refractivity contribution in [1.29, 1.82) is 0 Å². The monoisotopic (exact) mass is 220 g/mol. The Kier molecular flexibility index (Phi) is 4.07. The number of benzene rings is 1. The van der Waals surface area contributed by atoms with E-state index in [1.54, 1.807) is 12.1 Å². The molecule has 0 saturated heterocycles. The van der Waals surface area contributed by atoms with E-state index in [4.69, 9.17) is 0 Å². The predicted molar refractivity (Wildman–Crippen MR) is 66.0 cm³/mol. The maximum absolute atomic E-state index is 11.9. The second kappa shape index (κ2) is 5.12. The van der Waals surface area contributed by atoms with Crippen LogP contribution in [0.3, 0.4) is 0 Å². The van der Waals surface area contributed by atoms with E-state index in [1.807, 2.05) is 30.3 Å². The van der Waals surface area contributed by atoms with Crippen molar-refractivity contribution in [2.45, 2.75) is 20.8 Å². The quantitative estimate of drug-likeness (QED) is 0.793. The number of hydrazine groups is 1. The minimum absolute atomic E-state index is 0.00940. The van der Waals surface area contributed by atoms with E-state index in [-0.39, 0.29) is 11.3 Å². The van der Waals surface area contributed by atoms with Crippen LogP contribution in [0.5, 0.6) is 0 Å². The molecule has 0 saturated carbocycles. The highest BCUT2D eigenvalue weighted by molar-refractivity contribution is 5.93. The van der Waals surface area contributed by atoms with Crippen LogP contribution in [0.25, 0.3) is 0 Å². The highest BCUT2D eigenvalue weighted by Crippen LogP contribution is 2.11. The van der Waals surface area contributed by atoms with Gasteiger partial charge in [-0.25, -0.2) is 5.43 Å². The lowest BCUT2D eigenvalue weighted by Crippen LogP contribution is -2.43. The van der Waals surface area contributed by atoms with Gasteiger partial charge in [0.2, 0.25) is 0 Å². The van der Waals surface area contributed by atoms with Crippen molar-refractivity contribution in [1.82, 2.24) is 10.4 Å². The summed E-state index contributed by atoms with van der Waals surface area (Å²) in [5.41, 5.74) is 3.96. The Morgan fingerprint density at radius 1 is 1.25 bits per heavy atom. The summed E-state index contributed by atoms with van der Waals surface area (Å²) in [5.74, 6) is -0.00940. The molecular formula is C13H20N2O. The van der Waals surface area contributed by atoms with Crippen molar-refractivity contribution >= 4 is 5.91 Å². The Labute approximate surface area is 97.4 Å². The van der Waals surface area contributed by atoms with Crippen LogP contribution in [0.4, 0.5) is 0 Å². The van der Waals surface area contributed by atoms with Gasteiger partial charge in [0.15, 0.2) is 0 Å². The number of nitrogens with one attached hydrogen (secondary N) is 1. The molecule has 3 heteroatoms. The Balaban J connectivity index is 2.55. The third-order valence-corrected chi connectivity index (χ3v) is 2.17. The van der Waals surface area contributed by atoms with E-state index in [9.17, 15) is 4.79 Å². The standard InChI is InChI=1S/C13H20N2O/c1-13(2,3)10-14-15(4)12(16)11-8-6-5-7-9-11/h5-9,14H,10H2,1-4H3. The number of carbonyl (C=O) groups excluding carboxylic acids is 1. The number of nitrogens with zero attached hydrogens (tertiary/aromatic N) is 1. The molecule has 0 radical (unpaired) electrons. The minimum Gasteiger partial charge on any atom is -0.277 e. The fourth-order valence-electron chi connectivity index (χ4n) is 1.20. The highest BCUT2D eigenvalue weighted by Gasteiger charge is 2.14. The predicted octanol–water partition coefficient (Wildman–Crippen LogP) is 2.31. The molecule has 0 heterocycles. The van der Waals surface area contributed by atoms with Crippen LogP contribution >= 0.6 is 0 Å². The molecule has 0 unspecified atom stereocenters. The number of amides is 1. The van der Waals surface area contributed by atoms with Gasteiger partial charge in [-0.1, -0.05) is 39.0 Å². The van der Waals surface area contributed by atoms with Gasteiger partial charge in [0.1, 0.15) is 0 Å². The van der Waals surface area contributed by atoms with E-state index >= 15 is 0 Å². The average molecular weight is 220 g/mol. The largest absolute Gasteiger partial charge is 0.277 e. The summed E-state index contributed by atoms with van der Waals surface area (Å²) < 4.78 is 0. The van der Waals surface area contributed by atoms with Crippen molar-refractivity contribution in [2.75, 3.05) is 13.6 Å². The molecule has 0 aliphatic rings. The highest BCUT2D eigenvalue weighted by atomic mass is 16.2. The van der Waals surface area contributed by atoms with Gasteiger partial charge in [-0.05, 0) is 17.5 Å². The molecule has 1 rings (SSSR count). The van der Waals surface area contributed by atoms with Gasteiger partial charge in [-0.3, -0.25) is 9.80 Å². The first-order valence-electron chi connectivity index (χ1n) is 5.47. The maximum atomic E-state index is 11.9. The third-order valence-electron chi connectivity index (χ3n) is 2.17. The van der Waals surface area contributed by atoms with Crippen LogP contribution in [0.2, 0.25) is 0 Å². The average Bonchev–Trinajstić information content (AvgIpc) is 2.25. The maximum Gasteiger partial charge on any atom is 0.267 e. The fourth-order valence-corrected chi connectivity index (χ4v) is 1.20. The van der Waals surface area contributed by atoms with Gasteiger partial charge >= 0.3 is 0 Å². The summed E-state index contributed by atoms with van der Waals surface area (Å²) in [5, 5.41) is 1.54. The van der Waals surface area contributed by atoms with Crippen LogP contribution < -0.4 is 5.43 Å². The van der Waals surface area contributed by atoms with Crippen molar-refractivity contribution in [3.05, 3.63) is 35.9 Å². The molecule has 1 N–H and O–H groups in total. The lowest BCUT2D eigenvalue weighted by atomic mass is 9.97. The first kappa shape index (κ1) is 12.7. The number of hydrogen-bond acceptors (Lipinski definition) is 2. The molecule has 0 aliphatic carbocycles. The number of rotatable bonds is 3. The van der Waals surface area contributed by atoms with Crippen molar-refractivity contribution in [3.8, 4) is 0 Å². The van der Waals surface area contributed by atoms with Gasteiger partial charge in [0, 0.05) is 19.2 Å². The SMILES string of the molecule is CN(NCC(C)(C)C)C(=O)c1ccccc1. The molecule has 0 aliphatic heterocycles. The van der Waals surface area contributed by atoms with Gasteiger partial charge in [-0.15, -0.1) is 0 Å². The van der Waals surface area contributed by atoms with Crippen LogP contribution in [0.1, 0.15) is 31.1 Å². The first-order valence-corrected chi connectivity index (χ1v) is 5.47. The normalized spacial score (nSPS) is 11.2. The van der Waals surface area contributed by atoms with Gasteiger partial charge < -0.3 is 0 Å². The van der Waals surface area contributed by atoms with Gasteiger partial charge in [-0.2, -0.15) is 0 Å². The summed E-state index contributed by atoms with van der Waals surface area (Å²) in [4.78, 5) is 11.9. The van der Waals surface area contributed by atoms with Crippen LogP contribution in [0.15, 0.2) is 30.3 Å². The molecule has 0 fully saturated rings. The Morgan fingerprint density at radius 3 is 2.31 bits per heavy atom. The molecule has 0 bridgehead atoms. The molecule has 1 amide bonds. The van der Waals surface area contributed by atoms with Crippen molar-refractivity contribution in [2.24, 2.45) is 5.41 Å². The number of hydrogen-bond donors (Lipinski definition) is 1. The zero-order valence-electron chi connectivity index (χ0n) is 10.4. The molecular weight excluding hydrogens is 200 g/mol. The smallest absolute Gasteiger partial charge is 0.267 e. The van der Waals surface area contributed by atoms with E-state index < -0.39 is 0 Å². The zero-order chi connectivity index (χ0) is 12.2. The summed E-state index contributed by atoms with van der Waals surface area (Å²) >= 11 is 0. The van der Waals surface area contributed by atoms with Crippen molar-refractivity contribution in [3.63, 3.8) is 0 Å². The summed E-state index contributed by atoms with van der Waals surface area (Å²) in [6.07, 6.45) is 0. The van der Waals surface area contributed by atoms with Gasteiger partial charge in [0.05, 0.1) is 0 Å². The first-order chi connectivity index (χ1) is 7.40. The molecule has 1 aromatic rings. The van der Waals surface area contributed by atoms with Crippen molar-refractivity contribution < 1.29 is 4.79 Å².